The first kappa shape index (κ1) is 7.54. The second kappa shape index (κ2) is 3.53. The maximum Gasteiger partial charge on any atom is 0.422 e. The molecule has 0 aliphatic carbocycles. The van der Waals surface area contributed by atoms with E-state index in [1.54, 1.807) is 0 Å². The molecular weight excluding hydrogens is 154 g/mol. The van der Waals surface area contributed by atoms with Crippen LogP contribution in [0.15, 0.2) is 0 Å². The SMILES string of the molecule is FP(F)OP(F)F. The molecule has 0 spiro atoms. The zero-order chi connectivity index (χ0) is 5.86. The predicted molar refractivity (Wildman–Crippen MR) is 19.4 cm³/mol. The van der Waals surface area contributed by atoms with Crippen LogP contribution in [0.25, 0.3) is 0 Å². The van der Waals surface area contributed by atoms with E-state index in [9.17, 15) is 16.8 Å². The van der Waals surface area contributed by atoms with Gasteiger partial charge < -0.3 is 0 Å². The Morgan fingerprint density at radius 3 is 1.14 bits per heavy atom. The number of hydrogen-bond acceptors (Lipinski definition) is 1. The molecule has 0 saturated carbocycles. The van der Waals surface area contributed by atoms with Crippen LogP contribution in [0.4, 0.5) is 16.8 Å². The summed E-state index contributed by atoms with van der Waals surface area (Å²) in [6.07, 6.45) is 0. The minimum absolute atomic E-state index is 2.71. The largest absolute Gasteiger partial charge is 0.422 e. The third kappa shape index (κ3) is 6.54. The third-order valence-electron chi connectivity index (χ3n) is 0.123. The second-order valence-electron chi connectivity index (χ2n) is 0.485. The van der Waals surface area contributed by atoms with Crippen LogP contribution in [0.5, 0.6) is 0 Å². The lowest BCUT2D eigenvalue weighted by atomic mass is 15.9. The van der Waals surface area contributed by atoms with Crippen molar-refractivity contribution >= 4 is 17.5 Å². The highest BCUT2D eigenvalue weighted by Gasteiger charge is 2.14. The van der Waals surface area contributed by atoms with E-state index in [4.69, 9.17) is 0 Å². The second-order valence-corrected chi connectivity index (χ2v) is 1.95. The van der Waals surface area contributed by atoms with Crippen molar-refractivity contribution in [3.05, 3.63) is 0 Å². The van der Waals surface area contributed by atoms with Crippen molar-refractivity contribution in [2.75, 3.05) is 0 Å². The molecule has 0 aromatic carbocycles. The van der Waals surface area contributed by atoms with Gasteiger partial charge in [0.25, 0.3) is 0 Å². The van der Waals surface area contributed by atoms with Gasteiger partial charge in [-0.1, -0.05) is 0 Å². The molecule has 0 aliphatic rings. The highest BCUT2D eigenvalue weighted by Crippen LogP contribution is 2.56. The van der Waals surface area contributed by atoms with Crippen LogP contribution in [0, 0.1) is 0 Å². The fourth-order valence-electron chi connectivity index (χ4n) is 0.0467. The molecule has 0 aromatic heterocycles. The lowest BCUT2D eigenvalue weighted by Crippen LogP contribution is -1.53. The van der Waals surface area contributed by atoms with Crippen LogP contribution in [0.1, 0.15) is 0 Å². The molecule has 0 atom stereocenters. The Morgan fingerprint density at radius 1 is 0.857 bits per heavy atom. The third-order valence-corrected chi connectivity index (χ3v) is 1.11. The monoisotopic (exact) mass is 154 g/mol. The summed E-state index contributed by atoms with van der Waals surface area (Å²) >= 11 is 0. The van der Waals surface area contributed by atoms with Gasteiger partial charge in [0.1, 0.15) is 0 Å². The first-order valence-electron chi connectivity index (χ1n) is 1.04. The Morgan fingerprint density at radius 2 is 1.14 bits per heavy atom. The Hall–Kier alpha value is 0.540. The van der Waals surface area contributed by atoms with Crippen LogP contribution in [-0.4, -0.2) is 0 Å². The maximum absolute atomic E-state index is 10.7. The minimum Gasteiger partial charge on any atom is -0.224 e. The summed E-state index contributed by atoms with van der Waals surface area (Å²) in [5, 5.41) is 0. The molecule has 0 saturated heterocycles. The van der Waals surface area contributed by atoms with Gasteiger partial charge in [0.2, 0.25) is 0 Å². The summed E-state index contributed by atoms with van der Waals surface area (Å²) in [5.74, 6) is 0. The molecule has 0 radical (unpaired) electrons. The molecule has 0 rings (SSSR count). The molecule has 0 amide bonds. The highest BCUT2D eigenvalue weighted by molar-refractivity contribution is 7.54. The van der Waals surface area contributed by atoms with E-state index in [-0.39, 0.29) is 0 Å². The van der Waals surface area contributed by atoms with E-state index in [0.29, 0.717) is 0 Å². The van der Waals surface area contributed by atoms with Crippen molar-refractivity contribution in [1.82, 2.24) is 0 Å². The molecule has 7 heteroatoms. The quantitative estimate of drug-likeness (QED) is 0.437. The summed E-state index contributed by atoms with van der Waals surface area (Å²) in [5.41, 5.74) is 0. The smallest absolute Gasteiger partial charge is 0.224 e. The van der Waals surface area contributed by atoms with E-state index >= 15 is 0 Å². The molecule has 0 aliphatic heterocycles. The summed E-state index contributed by atoms with van der Waals surface area (Å²) in [6, 6.07) is 0. The van der Waals surface area contributed by atoms with Crippen LogP contribution in [0.2, 0.25) is 0 Å². The summed E-state index contributed by atoms with van der Waals surface area (Å²) < 4.78 is 45.4. The zero-order valence-corrected chi connectivity index (χ0v) is 4.60. The molecule has 0 unspecified atom stereocenters. The van der Waals surface area contributed by atoms with E-state index < -0.39 is 17.5 Å². The van der Waals surface area contributed by atoms with Gasteiger partial charge in [0, 0.05) is 0 Å². The van der Waals surface area contributed by atoms with Gasteiger partial charge in [-0.05, 0) is 0 Å². The van der Waals surface area contributed by atoms with Crippen LogP contribution in [-0.2, 0) is 4.31 Å². The first-order chi connectivity index (χ1) is 3.13. The van der Waals surface area contributed by atoms with Gasteiger partial charge in [0.05, 0.1) is 0 Å². The fourth-order valence-corrected chi connectivity index (χ4v) is 0.420. The summed E-state index contributed by atoms with van der Waals surface area (Å²) in [6.45, 7) is 0. The van der Waals surface area contributed by atoms with Crippen LogP contribution >= 0.6 is 17.5 Å². The lowest BCUT2D eigenvalue weighted by Gasteiger charge is -1.91. The van der Waals surface area contributed by atoms with Crippen molar-refractivity contribution < 1.29 is 21.1 Å². The van der Waals surface area contributed by atoms with Gasteiger partial charge in [-0.2, -0.15) is 16.8 Å². The Bertz CT molecular complexity index is 39.0. The zero-order valence-electron chi connectivity index (χ0n) is 2.81. The minimum atomic E-state index is -3.86. The number of rotatable bonds is 2. The highest BCUT2D eigenvalue weighted by atomic mass is 31.3. The van der Waals surface area contributed by atoms with Crippen molar-refractivity contribution in [2.24, 2.45) is 0 Å². The van der Waals surface area contributed by atoms with E-state index in [1.807, 2.05) is 0 Å². The Balaban J connectivity index is 2.95. The molecule has 0 N–H and O–H groups in total. The molecular formula is F4OP2. The summed E-state index contributed by atoms with van der Waals surface area (Å²) in [4.78, 5) is 0. The average molecular weight is 154 g/mol. The first-order valence-corrected chi connectivity index (χ1v) is 3.12. The number of halogens is 4. The van der Waals surface area contributed by atoms with E-state index in [0.717, 1.165) is 0 Å². The molecule has 7 heavy (non-hydrogen) atoms. The van der Waals surface area contributed by atoms with Gasteiger partial charge in [0.15, 0.2) is 0 Å². The standard InChI is InChI=1S/F4OP2/c1-6(2)5-7(3)4. The van der Waals surface area contributed by atoms with Gasteiger partial charge in [-0.25, -0.2) is 4.31 Å². The Labute approximate surface area is 39.8 Å². The molecule has 0 fully saturated rings. The molecule has 0 aromatic rings. The number of hydrogen-bond donors (Lipinski definition) is 0. The Kier molecular flexibility index (Phi) is 3.80. The van der Waals surface area contributed by atoms with E-state index in [2.05, 4.69) is 4.31 Å². The van der Waals surface area contributed by atoms with Crippen LogP contribution < -0.4 is 0 Å². The van der Waals surface area contributed by atoms with Crippen molar-refractivity contribution in [2.45, 2.75) is 0 Å². The normalized spacial score (nSPS) is 11.1. The van der Waals surface area contributed by atoms with E-state index in [1.165, 1.54) is 0 Å². The average Bonchev–Trinajstić information content (AvgIpc) is 1.27. The van der Waals surface area contributed by atoms with Crippen molar-refractivity contribution in [3.63, 3.8) is 0 Å². The molecule has 44 valence electrons. The molecule has 0 heterocycles. The lowest BCUT2D eigenvalue weighted by molar-refractivity contribution is 0.478. The van der Waals surface area contributed by atoms with Gasteiger partial charge >= 0.3 is 17.5 Å². The van der Waals surface area contributed by atoms with Crippen LogP contribution in [0.3, 0.4) is 0 Å². The summed E-state index contributed by atoms with van der Waals surface area (Å²) in [7, 11) is -7.72. The molecule has 1 nitrogen and oxygen atoms in total. The van der Waals surface area contributed by atoms with Gasteiger partial charge in [-0.3, -0.25) is 0 Å². The topological polar surface area (TPSA) is 9.23 Å². The fraction of sp³-hybridized carbons (Fsp3) is 0. The van der Waals surface area contributed by atoms with Crippen molar-refractivity contribution in [3.8, 4) is 0 Å². The molecule has 0 bridgehead atoms. The predicted octanol–water partition coefficient (Wildman–Crippen LogP) is 3.33. The maximum atomic E-state index is 10.7. The van der Waals surface area contributed by atoms with Crippen molar-refractivity contribution in [1.29, 1.82) is 0 Å². The van der Waals surface area contributed by atoms with Gasteiger partial charge in [-0.15, -0.1) is 0 Å².